The third kappa shape index (κ3) is 1.46. The first-order chi connectivity index (χ1) is 7.85. The number of morpholine rings is 1. The van der Waals surface area contributed by atoms with Gasteiger partial charge in [-0.15, -0.1) is 0 Å². The number of hydrogen-bond acceptors (Lipinski definition) is 2. The number of ether oxygens (including phenoxy) is 1. The monoisotopic (exact) mass is 223 g/mol. The fourth-order valence-corrected chi connectivity index (χ4v) is 3.92. The third-order valence-electron chi connectivity index (χ3n) is 4.85. The minimum Gasteiger partial charge on any atom is -0.370 e. The van der Waals surface area contributed by atoms with Crippen LogP contribution >= 0.6 is 0 Å². The summed E-state index contributed by atoms with van der Waals surface area (Å²) in [6.07, 6.45) is 2.51. The fourth-order valence-electron chi connectivity index (χ4n) is 3.92. The highest BCUT2D eigenvalue weighted by Gasteiger charge is 2.57. The van der Waals surface area contributed by atoms with Gasteiger partial charge in [0.05, 0.1) is 26.3 Å². The zero-order chi connectivity index (χ0) is 11.0. The summed E-state index contributed by atoms with van der Waals surface area (Å²) in [4.78, 5) is 3.16. The molecule has 0 saturated carbocycles. The number of nitrogens with one attached hydrogen (secondary N) is 2. The van der Waals surface area contributed by atoms with Crippen LogP contribution in [0.1, 0.15) is 12.8 Å². The van der Waals surface area contributed by atoms with Crippen LogP contribution in [0, 0.1) is 17.2 Å². The Morgan fingerprint density at radius 3 is 2.31 bits per heavy atom. The van der Waals surface area contributed by atoms with Crippen LogP contribution in [0.15, 0.2) is 0 Å². The van der Waals surface area contributed by atoms with Gasteiger partial charge in [0.15, 0.2) is 0 Å². The van der Waals surface area contributed by atoms with Crippen LogP contribution in [0.5, 0.6) is 0 Å². The second kappa shape index (κ2) is 3.99. The smallest absolute Gasteiger partial charge is 0.236 e. The van der Waals surface area contributed by atoms with Gasteiger partial charge < -0.3 is 14.5 Å². The lowest BCUT2D eigenvalue weighted by Gasteiger charge is -2.49. The third-order valence-corrected chi connectivity index (χ3v) is 4.85. The van der Waals surface area contributed by atoms with Crippen LogP contribution in [-0.2, 0) is 4.74 Å². The van der Waals surface area contributed by atoms with Crippen molar-refractivity contribution in [3.05, 3.63) is 0 Å². The van der Waals surface area contributed by atoms with Gasteiger partial charge in [0.2, 0.25) is 5.54 Å². The second-order valence-electron chi connectivity index (χ2n) is 5.50. The molecule has 4 heteroatoms. The van der Waals surface area contributed by atoms with Gasteiger partial charge >= 0.3 is 0 Å². The van der Waals surface area contributed by atoms with E-state index in [2.05, 4.69) is 6.07 Å². The maximum Gasteiger partial charge on any atom is 0.236 e. The SMILES string of the molecule is N#C[C@]1([NH+]2CCOCC2)C[NH+]2CCC1CC2. The Hall–Kier alpha value is -0.630. The van der Waals surface area contributed by atoms with Crippen molar-refractivity contribution < 1.29 is 14.5 Å². The van der Waals surface area contributed by atoms with Crippen molar-refractivity contribution in [1.82, 2.24) is 0 Å². The van der Waals surface area contributed by atoms with E-state index in [4.69, 9.17) is 4.74 Å². The molecule has 0 spiro atoms. The van der Waals surface area contributed by atoms with E-state index in [1.807, 2.05) is 0 Å². The molecule has 0 amide bonds. The van der Waals surface area contributed by atoms with Gasteiger partial charge in [-0.3, -0.25) is 0 Å². The predicted molar refractivity (Wildman–Crippen MR) is 58.1 cm³/mol. The Kier molecular flexibility index (Phi) is 2.62. The number of fused-ring (bicyclic) bond motifs is 3. The number of quaternary nitrogens is 2. The average Bonchev–Trinajstić information content (AvgIpc) is 2.41. The van der Waals surface area contributed by atoms with Crippen molar-refractivity contribution in [2.24, 2.45) is 5.92 Å². The van der Waals surface area contributed by atoms with E-state index in [9.17, 15) is 5.26 Å². The molecule has 88 valence electrons. The maximum absolute atomic E-state index is 9.69. The Labute approximate surface area is 96.8 Å². The summed E-state index contributed by atoms with van der Waals surface area (Å²) < 4.78 is 5.42. The van der Waals surface area contributed by atoms with Crippen molar-refractivity contribution in [1.29, 1.82) is 5.26 Å². The first-order valence-corrected chi connectivity index (χ1v) is 6.53. The van der Waals surface area contributed by atoms with E-state index < -0.39 is 0 Å². The molecule has 0 aromatic carbocycles. The molecule has 2 bridgehead atoms. The number of nitriles is 1. The quantitative estimate of drug-likeness (QED) is 0.515. The van der Waals surface area contributed by atoms with Crippen molar-refractivity contribution in [2.45, 2.75) is 18.4 Å². The summed E-state index contributed by atoms with van der Waals surface area (Å²) in [5.41, 5.74) is -0.0877. The van der Waals surface area contributed by atoms with Gasteiger partial charge in [-0.1, -0.05) is 0 Å². The minimum absolute atomic E-state index is 0.0877. The molecule has 4 rings (SSSR count). The Balaban J connectivity index is 1.85. The lowest BCUT2D eigenvalue weighted by atomic mass is 9.72. The molecule has 4 fully saturated rings. The van der Waals surface area contributed by atoms with Crippen LogP contribution in [0.4, 0.5) is 0 Å². The van der Waals surface area contributed by atoms with E-state index in [0.29, 0.717) is 5.92 Å². The van der Waals surface area contributed by atoms with E-state index >= 15 is 0 Å². The first kappa shape index (κ1) is 10.5. The van der Waals surface area contributed by atoms with Crippen molar-refractivity contribution in [3.8, 4) is 6.07 Å². The van der Waals surface area contributed by atoms with E-state index in [0.717, 1.165) is 32.8 Å². The summed E-state index contributed by atoms with van der Waals surface area (Å²) in [6.45, 7) is 7.37. The van der Waals surface area contributed by atoms with Gasteiger partial charge in [-0.05, 0) is 0 Å². The molecule has 4 aliphatic rings. The highest BCUT2D eigenvalue weighted by atomic mass is 16.5. The molecular weight excluding hydrogens is 202 g/mol. The highest BCUT2D eigenvalue weighted by molar-refractivity contribution is 5.07. The number of hydrogen-bond donors (Lipinski definition) is 2. The van der Waals surface area contributed by atoms with Crippen LogP contribution in [0.3, 0.4) is 0 Å². The van der Waals surface area contributed by atoms with Crippen LogP contribution in [0.2, 0.25) is 0 Å². The molecule has 1 atom stereocenters. The highest BCUT2D eigenvalue weighted by Crippen LogP contribution is 2.25. The van der Waals surface area contributed by atoms with Crippen LogP contribution in [0.25, 0.3) is 0 Å². The molecule has 4 nitrogen and oxygen atoms in total. The summed E-state index contributed by atoms with van der Waals surface area (Å²) in [6, 6.07) is 2.71. The van der Waals surface area contributed by atoms with E-state index in [-0.39, 0.29) is 5.54 Å². The van der Waals surface area contributed by atoms with E-state index in [1.165, 1.54) is 30.8 Å². The molecule has 0 unspecified atom stereocenters. The van der Waals surface area contributed by atoms with Crippen molar-refractivity contribution in [2.75, 3.05) is 45.9 Å². The molecule has 0 aromatic heterocycles. The Bertz CT molecular complexity index is 300. The molecule has 4 aliphatic heterocycles. The normalized spacial score (nSPS) is 44.2. The summed E-state index contributed by atoms with van der Waals surface area (Å²) in [5.74, 6) is 0.642. The number of nitrogens with zero attached hydrogens (tertiary/aromatic N) is 1. The zero-order valence-electron chi connectivity index (χ0n) is 9.80. The summed E-state index contributed by atoms with van der Waals surface area (Å²) in [7, 11) is 0. The molecule has 0 aromatic rings. The fraction of sp³-hybridized carbons (Fsp3) is 0.917. The van der Waals surface area contributed by atoms with Gasteiger partial charge in [-0.2, -0.15) is 5.26 Å². The first-order valence-electron chi connectivity index (χ1n) is 6.53. The largest absolute Gasteiger partial charge is 0.370 e. The topological polar surface area (TPSA) is 41.9 Å². The van der Waals surface area contributed by atoms with Gasteiger partial charge in [-0.25, -0.2) is 0 Å². The summed E-state index contributed by atoms with van der Waals surface area (Å²) in [5, 5.41) is 9.69. The predicted octanol–water partition coefficient (Wildman–Crippen LogP) is -2.53. The van der Waals surface area contributed by atoms with Crippen LogP contribution < -0.4 is 9.80 Å². The standard InChI is InChI=1S/C12H19N3O/c13-9-12(15-5-7-16-8-6-15)10-14-3-1-11(12)2-4-14/h11H,1-8,10H2/p+2/t12-/m0/s1. The second-order valence-corrected chi connectivity index (χ2v) is 5.50. The number of rotatable bonds is 1. The molecular formula is C12H21N3O+2. The molecule has 16 heavy (non-hydrogen) atoms. The average molecular weight is 223 g/mol. The Morgan fingerprint density at radius 1 is 1.12 bits per heavy atom. The Morgan fingerprint density at radius 2 is 1.81 bits per heavy atom. The summed E-state index contributed by atoms with van der Waals surface area (Å²) >= 11 is 0. The zero-order valence-corrected chi connectivity index (χ0v) is 9.80. The molecule has 0 aliphatic carbocycles. The maximum atomic E-state index is 9.69. The van der Waals surface area contributed by atoms with Crippen molar-refractivity contribution in [3.63, 3.8) is 0 Å². The number of piperidine rings is 3. The molecule has 4 heterocycles. The lowest BCUT2D eigenvalue weighted by Crippen LogP contribution is -3.31. The molecule has 4 saturated heterocycles. The van der Waals surface area contributed by atoms with Gasteiger partial charge in [0.25, 0.3) is 0 Å². The molecule has 0 radical (unpaired) electrons. The molecule has 2 N–H and O–H groups in total. The lowest BCUT2D eigenvalue weighted by molar-refractivity contribution is -1.02. The minimum atomic E-state index is -0.0877. The van der Waals surface area contributed by atoms with E-state index in [1.54, 1.807) is 4.90 Å². The van der Waals surface area contributed by atoms with Gasteiger partial charge in [0, 0.05) is 18.8 Å². The van der Waals surface area contributed by atoms with Gasteiger partial charge in [0.1, 0.15) is 25.7 Å². The van der Waals surface area contributed by atoms with Crippen LogP contribution in [-0.4, -0.2) is 51.5 Å². The van der Waals surface area contributed by atoms with Crippen molar-refractivity contribution >= 4 is 0 Å².